The third-order valence-corrected chi connectivity index (χ3v) is 2.95. The third-order valence-electron chi connectivity index (χ3n) is 1.66. The van der Waals surface area contributed by atoms with E-state index in [1.807, 2.05) is 0 Å². The molecule has 0 spiro atoms. The first-order chi connectivity index (χ1) is 6.45. The van der Waals surface area contributed by atoms with Crippen LogP contribution in [-0.4, -0.2) is 5.91 Å². The summed E-state index contributed by atoms with van der Waals surface area (Å²) in [6.07, 6.45) is 0. The third kappa shape index (κ3) is 2.03. The molecule has 0 atom stereocenters. The van der Waals surface area contributed by atoms with Gasteiger partial charge >= 0.3 is 0 Å². The van der Waals surface area contributed by atoms with E-state index in [2.05, 4.69) is 6.58 Å². The van der Waals surface area contributed by atoms with Crippen molar-refractivity contribution in [2.45, 2.75) is 0 Å². The number of halogens is 3. The summed E-state index contributed by atoms with van der Waals surface area (Å²) >= 11 is 17.3. The topological polar surface area (TPSA) is 43.1 Å². The minimum Gasteiger partial charge on any atom is -0.366 e. The number of hydrogen-bond donors (Lipinski definition) is 1. The average molecular weight is 251 g/mol. The van der Waals surface area contributed by atoms with Gasteiger partial charge in [0.1, 0.15) is 0 Å². The highest BCUT2D eigenvalue weighted by Gasteiger charge is 2.13. The Bertz CT molecular complexity index is 415. The molecule has 0 radical (unpaired) electrons. The molecule has 2 N–H and O–H groups in total. The summed E-state index contributed by atoms with van der Waals surface area (Å²) in [5, 5.41) is 0.689. The van der Waals surface area contributed by atoms with Gasteiger partial charge in [0, 0.05) is 11.1 Å². The lowest BCUT2D eigenvalue weighted by atomic mass is 10.1. The minimum atomic E-state index is -0.648. The molecule has 0 unspecified atom stereocenters. The number of carbonyl (C=O) groups excluding carboxylic acids is 1. The second-order valence-electron chi connectivity index (χ2n) is 2.57. The molecule has 0 bridgehead atoms. The van der Waals surface area contributed by atoms with Gasteiger partial charge in [-0.3, -0.25) is 4.79 Å². The van der Waals surface area contributed by atoms with E-state index in [1.54, 1.807) is 6.07 Å². The van der Waals surface area contributed by atoms with Crippen LogP contribution >= 0.6 is 34.8 Å². The zero-order valence-corrected chi connectivity index (χ0v) is 9.25. The van der Waals surface area contributed by atoms with E-state index >= 15 is 0 Å². The Morgan fingerprint density at radius 2 is 1.79 bits per heavy atom. The van der Waals surface area contributed by atoms with Crippen molar-refractivity contribution in [3.8, 4) is 0 Å². The van der Waals surface area contributed by atoms with Gasteiger partial charge < -0.3 is 5.73 Å². The Kier molecular flexibility index (Phi) is 3.43. The van der Waals surface area contributed by atoms with E-state index in [9.17, 15) is 4.79 Å². The Morgan fingerprint density at radius 3 is 2.29 bits per heavy atom. The normalized spacial score (nSPS) is 9.93. The van der Waals surface area contributed by atoms with Gasteiger partial charge in [-0.05, 0) is 6.07 Å². The number of amides is 1. The minimum absolute atomic E-state index is 0.105. The van der Waals surface area contributed by atoms with Crippen LogP contribution in [0.25, 0.3) is 5.57 Å². The maximum atomic E-state index is 10.8. The molecule has 1 rings (SSSR count). The highest BCUT2D eigenvalue weighted by molar-refractivity contribution is 6.49. The van der Waals surface area contributed by atoms with Crippen LogP contribution in [0.5, 0.6) is 0 Å². The molecule has 0 saturated heterocycles. The molecule has 0 aliphatic carbocycles. The maximum absolute atomic E-state index is 10.8. The molecule has 0 aliphatic rings. The van der Waals surface area contributed by atoms with Crippen LogP contribution in [0, 0.1) is 0 Å². The smallest absolute Gasteiger partial charge is 0.248 e. The van der Waals surface area contributed by atoms with E-state index in [4.69, 9.17) is 40.5 Å². The molecule has 14 heavy (non-hydrogen) atoms. The van der Waals surface area contributed by atoms with Gasteiger partial charge in [-0.2, -0.15) is 0 Å². The Balaban J connectivity index is 3.31. The number of carbonyl (C=O) groups is 1. The van der Waals surface area contributed by atoms with Gasteiger partial charge in [0.25, 0.3) is 0 Å². The lowest BCUT2D eigenvalue weighted by molar-refractivity contribution is -0.112. The molecule has 0 heterocycles. The van der Waals surface area contributed by atoms with Crippen molar-refractivity contribution in [3.63, 3.8) is 0 Å². The predicted octanol–water partition coefficient (Wildman–Crippen LogP) is 3.15. The summed E-state index contributed by atoms with van der Waals surface area (Å²) in [4.78, 5) is 10.8. The fraction of sp³-hybridized carbons (Fsp3) is 0. The van der Waals surface area contributed by atoms with Crippen molar-refractivity contribution in [2.75, 3.05) is 0 Å². The van der Waals surface area contributed by atoms with E-state index in [0.29, 0.717) is 10.6 Å². The molecule has 5 heteroatoms. The van der Waals surface area contributed by atoms with E-state index in [-0.39, 0.29) is 15.6 Å². The molecule has 0 fully saturated rings. The van der Waals surface area contributed by atoms with Gasteiger partial charge in [-0.25, -0.2) is 0 Å². The average Bonchev–Trinajstić information content (AvgIpc) is 2.13. The van der Waals surface area contributed by atoms with Crippen molar-refractivity contribution >= 4 is 46.3 Å². The molecular weight excluding hydrogens is 244 g/mol. The quantitative estimate of drug-likeness (QED) is 0.636. The Morgan fingerprint density at radius 1 is 1.21 bits per heavy atom. The summed E-state index contributed by atoms with van der Waals surface area (Å²) in [6.45, 7) is 3.50. The summed E-state index contributed by atoms with van der Waals surface area (Å²) in [7, 11) is 0. The largest absolute Gasteiger partial charge is 0.366 e. The summed E-state index contributed by atoms with van der Waals surface area (Å²) in [5.74, 6) is -0.648. The van der Waals surface area contributed by atoms with Crippen LogP contribution in [0.1, 0.15) is 5.56 Å². The fourth-order valence-corrected chi connectivity index (χ4v) is 1.54. The second kappa shape index (κ2) is 4.22. The van der Waals surface area contributed by atoms with Gasteiger partial charge in [-0.15, -0.1) is 0 Å². The molecule has 0 aromatic heterocycles. The van der Waals surface area contributed by atoms with Crippen LogP contribution in [0.15, 0.2) is 18.7 Å². The first-order valence-electron chi connectivity index (χ1n) is 3.57. The van der Waals surface area contributed by atoms with Gasteiger partial charge in [0.15, 0.2) is 0 Å². The first-order valence-corrected chi connectivity index (χ1v) is 4.71. The van der Waals surface area contributed by atoms with Crippen molar-refractivity contribution in [2.24, 2.45) is 5.73 Å². The Hall–Kier alpha value is -0.700. The number of nitrogens with two attached hydrogens (primary N) is 1. The van der Waals surface area contributed by atoms with E-state index < -0.39 is 5.91 Å². The zero-order chi connectivity index (χ0) is 10.9. The molecule has 2 nitrogen and oxygen atoms in total. The van der Waals surface area contributed by atoms with Crippen molar-refractivity contribution in [1.29, 1.82) is 0 Å². The first kappa shape index (κ1) is 11.4. The van der Waals surface area contributed by atoms with Crippen LogP contribution in [0.4, 0.5) is 0 Å². The fourth-order valence-electron chi connectivity index (χ4n) is 0.892. The lowest BCUT2D eigenvalue weighted by Gasteiger charge is -2.06. The van der Waals surface area contributed by atoms with Gasteiger partial charge in [0.05, 0.1) is 15.1 Å². The molecule has 1 amide bonds. The van der Waals surface area contributed by atoms with Crippen molar-refractivity contribution < 1.29 is 4.79 Å². The second-order valence-corrected chi connectivity index (χ2v) is 3.73. The van der Waals surface area contributed by atoms with Crippen molar-refractivity contribution in [1.82, 2.24) is 0 Å². The Labute approximate surface area is 96.2 Å². The lowest BCUT2D eigenvalue weighted by Crippen LogP contribution is -2.12. The SMILES string of the molecule is C=C(C(N)=O)c1ccc(Cl)c(Cl)c1Cl. The van der Waals surface area contributed by atoms with Crippen LogP contribution in [0.3, 0.4) is 0 Å². The molecule has 1 aromatic carbocycles. The zero-order valence-electron chi connectivity index (χ0n) is 6.98. The van der Waals surface area contributed by atoms with E-state index in [0.717, 1.165) is 0 Å². The molecule has 74 valence electrons. The van der Waals surface area contributed by atoms with Crippen LogP contribution in [-0.2, 0) is 4.79 Å². The van der Waals surface area contributed by atoms with Crippen LogP contribution in [0.2, 0.25) is 15.1 Å². The molecule has 1 aromatic rings. The predicted molar refractivity (Wildman–Crippen MR) is 59.7 cm³/mol. The summed E-state index contributed by atoms with van der Waals surface area (Å²) < 4.78 is 0. The molecular formula is C9H6Cl3NO. The van der Waals surface area contributed by atoms with E-state index in [1.165, 1.54) is 6.07 Å². The van der Waals surface area contributed by atoms with Crippen molar-refractivity contribution in [3.05, 3.63) is 39.3 Å². The summed E-state index contributed by atoms with van der Waals surface area (Å²) in [5.41, 5.74) is 5.55. The number of benzene rings is 1. The number of hydrogen-bond acceptors (Lipinski definition) is 1. The molecule has 0 saturated carbocycles. The van der Waals surface area contributed by atoms with Gasteiger partial charge in [-0.1, -0.05) is 47.4 Å². The highest BCUT2D eigenvalue weighted by atomic mass is 35.5. The standard InChI is InChI=1S/C9H6Cl3NO/c1-4(9(13)14)5-2-3-6(10)8(12)7(5)11/h2-3H,1H2,(H2,13,14). The monoisotopic (exact) mass is 249 g/mol. The maximum Gasteiger partial charge on any atom is 0.248 e. The number of rotatable bonds is 2. The van der Waals surface area contributed by atoms with Gasteiger partial charge in [0.2, 0.25) is 5.91 Å². The highest BCUT2D eigenvalue weighted by Crippen LogP contribution is 2.35. The summed E-state index contributed by atoms with van der Waals surface area (Å²) in [6, 6.07) is 3.07. The van der Waals surface area contributed by atoms with Crippen LogP contribution < -0.4 is 5.73 Å². The number of primary amides is 1. The molecule has 0 aliphatic heterocycles.